The lowest BCUT2D eigenvalue weighted by Crippen LogP contribution is -2.41. The van der Waals surface area contributed by atoms with Gasteiger partial charge in [-0.25, -0.2) is 4.79 Å². The highest BCUT2D eigenvalue weighted by Crippen LogP contribution is 2.39. The summed E-state index contributed by atoms with van der Waals surface area (Å²) in [7, 11) is 4.38. The molecule has 0 atom stereocenters. The molecule has 6 nitrogen and oxygen atoms in total. The van der Waals surface area contributed by atoms with Gasteiger partial charge < -0.3 is 19.1 Å². The molecule has 1 N–H and O–H groups in total. The van der Waals surface area contributed by atoms with E-state index in [1.165, 1.54) is 16.8 Å². The van der Waals surface area contributed by atoms with Crippen molar-refractivity contribution in [1.29, 1.82) is 0 Å². The normalized spacial score (nSPS) is 15.0. The molecule has 36 heavy (non-hydrogen) atoms. The van der Waals surface area contributed by atoms with Gasteiger partial charge in [-0.05, 0) is 48.9 Å². The number of amides is 1. The zero-order valence-electron chi connectivity index (χ0n) is 21.4. The van der Waals surface area contributed by atoms with Gasteiger partial charge in [0.1, 0.15) is 17.7 Å². The maximum atomic E-state index is 12.9. The van der Waals surface area contributed by atoms with E-state index in [4.69, 9.17) is 4.42 Å². The molecule has 0 aliphatic carbocycles. The lowest BCUT2D eigenvalue weighted by atomic mass is 9.90. The van der Waals surface area contributed by atoms with Crippen molar-refractivity contribution in [2.75, 3.05) is 45.2 Å². The number of nitrogens with zero attached hydrogens (tertiary/aromatic N) is 2. The number of aryl methyl sites for hydroxylation is 2. The lowest BCUT2D eigenvalue weighted by molar-refractivity contribution is -0.903. The van der Waals surface area contributed by atoms with Gasteiger partial charge in [-0.15, -0.1) is 0 Å². The van der Waals surface area contributed by atoms with Crippen LogP contribution >= 0.6 is 0 Å². The molecule has 3 heterocycles. The molecule has 2 aliphatic heterocycles. The minimum atomic E-state index is -0.553. The number of anilines is 1. The van der Waals surface area contributed by atoms with Crippen LogP contribution in [0, 0.1) is 0 Å². The minimum Gasteiger partial charge on any atom is -0.422 e. The molecule has 0 fully saturated rings. The third kappa shape index (κ3) is 4.96. The lowest BCUT2D eigenvalue weighted by Gasteiger charge is -2.37. The summed E-state index contributed by atoms with van der Waals surface area (Å²) in [5, 5.41) is 3.80. The smallest absolute Gasteiger partial charge is 0.349 e. The highest BCUT2D eigenvalue weighted by molar-refractivity contribution is 5.98. The Labute approximate surface area is 212 Å². The fraction of sp³-hybridized carbons (Fsp3) is 0.400. The Kier molecular flexibility index (Phi) is 6.71. The zero-order valence-corrected chi connectivity index (χ0v) is 21.4. The average Bonchev–Trinajstić information content (AvgIpc) is 2.87. The first-order valence-electron chi connectivity index (χ1n) is 13.0. The molecule has 188 valence electrons. The van der Waals surface area contributed by atoms with Crippen molar-refractivity contribution in [2.24, 2.45) is 0 Å². The Balaban J connectivity index is 1.24. The van der Waals surface area contributed by atoms with E-state index < -0.39 is 5.63 Å². The second-order valence-corrected chi connectivity index (χ2v) is 10.8. The molecule has 0 bridgehead atoms. The van der Waals surface area contributed by atoms with Crippen molar-refractivity contribution >= 4 is 28.6 Å². The molecule has 0 radical (unpaired) electrons. The number of carbonyl (C=O) groups excluding carboxylic acids is 1. The van der Waals surface area contributed by atoms with E-state index in [2.05, 4.69) is 61.2 Å². The molecule has 0 unspecified atom stereocenters. The van der Waals surface area contributed by atoms with Crippen LogP contribution in [0.1, 0.15) is 51.9 Å². The van der Waals surface area contributed by atoms with Gasteiger partial charge in [-0.3, -0.25) is 4.79 Å². The second kappa shape index (κ2) is 9.94. The van der Waals surface area contributed by atoms with Crippen molar-refractivity contribution in [3.63, 3.8) is 0 Å². The highest BCUT2D eigenvalue weighted by Gasteiger charge is 2.27. The number of rotatable bonds is 8. The van der Waals surface area contributed by atoms with E-state index in [0.717, 1.165) is 79.3 Å². The summed E-state index contributed by atoms with van der Waals surface area (Å²) in [4.78, 5) is 28.1. The Hall–Kier alpha value is -3.38. The average molecular weight is 487 g/mol. The van der Waals surface area contributed by atoms with E-state index in [1.54, 1.807) is 6.07 Å². The topological polar surface area (TPSA) is 62.6 Å². The largest absolute Gasteiger partial charge is 0.422 e. The molecule has 3 aromatic rings. The van der Waals surface area contributed by atoms with Gasteiger partial charge in [0.05, 0.1) is 20.6 Å². The van der Waals surface area contributed by atoms with Crippen molar-refractivity contribution in [2.45, 2.75) is 38.6 Å². The summed E-state index contributed by atoms with van der Waals surface area (Å²) in [5.41, 5.74) is 6.29. The van der Waals surface area contributed by atoms with Crippen LogP contribution in [0.25, 0.3) is 17.0 Å². The molecule has 5 rings (SSSR count). The van der Waals surface area contributed by atoms with Crippen molar-refractivity contribution in [3.05, 3.63) is 81.2 Å². The van der Waals surface area contributed by atoms with E-state index in [-0.39, 0.29) is 11.5 Å². The Morgan fingerprint density at radius 3 is 2.64 bits per heavy atom. The van der Waals surface area contributed by atoms with E-state index >= 15 is 0 Å². The summed E-state index contributed by atoms with van der Waals surface area (Å²) in [6, 6.07) is 12.3. The third-order valence-electron chi connectivity index (χ3n) is 7.51. The van der Waals surface area contributed by atoms with Crippen molar-refractivity contribution < 1.29 is 13.7 Å². The van der Waals surface area contributed by atoms with Gasteiger partial charge in [0.25, 0.3) is 5.91 Å². The molecule has 6 heteroatoms. The van der Waals surface area contributed by atoms with Gasteiger partial charge in [-0.1, -0.05) is 36.9 Å². The van der Waals surface area contributed by atoms with Crippen LogP contribution in [0.4, 0.5) is 5.69 Å². The van der Waals surface area contributed by atoms with Crippen LogP contribution in [-0.2, 0) is 19.4 Å². The first-order valence-corrected chi connectivity index (χ1v) is 13.0. The summed E-state index contributed by atoms with van der Waals surface area (Å²) in [6.45, 7) is 8.25. The molecule has 2 aliphatic rings. The standard InChI is InChI=1S/C30H35N3O3/c1-4-21-10-12-22(13-11-21)20-33(2,3)17-7-14-31-29(34)26-19-24-18-23-8-5-15-32-16-6-9-25(27(23)32)28(24)36-30(26)35/h4,10-13,18-19H,1,5-9,14-17,20H2,2-3H3/p+1. The van der Waals surface area contributed by atoms with Crippen LogP contribution in [0.15, 0.2) is 52.2 Å². The fourth-order valence-electron chi connectivity index (χ4n) is 5.74. The third-order valence-corrected chi connectivity index (χ3v) is 7.51. The van der Waals surface area contributed by atoms with Gasteiger partial charge in [0.2, 0.25) is 0 Å². The summed E-state index contributed by atoms with van der Waals surface area (Å²) >= 11 is 0. The van der Waals surface area contributed by atoms with Crippen LogP contribution in [0.5, 0.6) is 0 Å². The summed E-state index contributed by atoms with van der Waals surface area (Å²) < 4.78 is 6.59. The molecular formula is C30H36N3O3+. The Morgan fingerprint density at radius 1 is 1.14 bits per heavy atom. The number of carbonyl (C=O) groups is 1. The zero-order chi connectivity index (χ0) is 25.3. The molecule has 0 spiro atoms. The maximum Gasteiger partial charge on any atom is 0.349 e. The molecular weight excluding hydrogens is 450 g/mol. The first kappa shape index (κ1) is 24.3. The first-order chi connectivity index (χ1) is 17.3. The number of fused-ring (bicyclic) bond motifs is 2. The summed E-state index contributed by atoms with van der Waals surface area (Å²) in [5.74, 6) is -0.357. The van der Waals surface area contributed by atoms with Gasteiger partial charge in [0.15, 0.2) is 0 Å². The molecule has 1 aromatic heterocycles. The Bertz CT molecular complexity index is 1350. The monoisotopic (exact) mass is 486 g/mol. The van der Waals surface area contributed by atoms with Gasteiger partial charge >= 0.3 is 5.63 Å². The summed E-state index contributed by atoms with van der Waals surface area (Å²) in [6.07, 6.45) is 6.80. The van der Waals surface area contributed by atoms with Crippen molar-refractivity contribution in [3.8, 4) is 0 Å². The molecule has 1 amide bonds. The van der Waals surface area contributed by atoms with E-state index in [9.17, 15) is 9.59 Å². The fourth-order valence-corrected chi connectivity index (χ4v) is 5.74. The quantitative estimate of drug-likeness (QED) is 0.289. The van der Waals surface area contributed by atoms with Crippen LogP contribution in [0.2, 0.25) is 0 Å². The van der Waals surface area contributed by atoms with Gasteiger partial charge in [0, 0.05) is 48.3 Å². The van der Waals surface area contributed by atoms with Crippen LogP contribution < -0.4 is 15.8 Å². The second-order valence-electron chi connectivity index (χ2n) is 10.8. The number of quaternary nitrogens is 1. The van der Waals surface area contributed by atoms with Crippen LogP contribution in [-0.4, -0.2) is 50.7 Å². The number of nitrogens with one attached hydrogen (secondary N) is 1. The predicted molar refractivity (Wildman–Crippen MR) is 146 cm³/mol. The number of benzene rings is 2. The van der Waals surface area contributed by atoms with Crippen LogP contribution in [0.3, 0.4) is 0 Å². The molecule has 2 aromatic carbocycles. The molecule has 0 saturated heterocycles. The number of hydrogen-bond donors (Lipinski definition) is 1. The van der Waals surface area contributed by atoms with Gasteiger partial charge in [-0.2, -0.15) is 0 Å². The number of hydrogen-bond acceptors (Lipinski definition) is 4. The van der Waals surface area contributed by atoms with Crippen molar-refractivity contribution in [1.82, 2.24) is 5.32 Å². The molecule has 0 saturated carbocycles. The highest BCUT2D eigenvalue weighted by atomic mass is 16.4. The SMILES string of the molecule is C=Cc1ccc(C[N+](C)(C)CCCNC(=O)c2cc3cc4c5c(c3oc2=O)CCCN5CCC4)cc1. The minimum absolute atomic E-state index is 0.0918. The van der Waals surface area contributed by atoms with E-state index in [0.29, 0.717) is 12.1 Å². The predicted octanol–water partition coefficient (Wildman–Crippen LogP) is 4.53. The van der Waals surface area contributed by atoms with E-state index in [1.807, 2.05) is 6.08 Å². The Morgan fingerprint density at radius 2 is 1.89 bits per heavy atom. The maximum absolute atomic E-state index is 12.9.